The highest BCUT2D eigenvalue weighted by atomic mass is 16.2. The van der Waals surface area contributed by atoms with Gasteiger partial charge in [0.05, 0.1) is 0 Å². The summed E-state index contributed by atoms with van der Waals surface area (Å²) in [5.41, 5.74) is -0.273. The summed E-state index contributed by atoms with van der Waals surface area (Å²) < 4.78 is 0. The summed E-state index contributed by atoms with van der Waals surface area (Å²) in [6.45, 7) is 4.39. The van der Waals surface area contributed by atoms with Crippen molar-refractivity contribution in [1.29, 1.82) is 0 Å². The summed E-state index contributed by atoms with van der Waals surface area (Å²) in [6, 6.07) is 0. The molecule has 0 spiro atoms. The average Bonchev–Trinajstić information content (AvgIpc) is 2.25. The molecule has 0 unspecified atom stereocenters. The third-order valence-electron chi connectivity index (χ3n) is 2.35. The van der Waals surface area contributed by atoms with Crippen molar-refractivity contribution in [2.75, 3.05) is 13.6 Å². The van der Waals surface area contributed by atoms with Crippen LogP contribution in [0.4, 0.5) is 0 Å². The Bertz CT molecular complexity index is 425. The minimum absolute atomic E-state index is 0.101. The van der Waals surface area contributed by atoms with E-state index in [4.69, 9.17) is 0 Å². The van der Waals surface area contributed by atoms with E-state index in [0.29, 0.717) is 12.4 Å². The fourth-order valence-electron chi connectivity index (χ4n) is 1.34. The van der Waals surface area contributed by atoms with E-state index >= 15 is 0 Å². The van der Waals surface area contributed by atoms with Crippen LogP contribution >= 0.6 is 0 Å². The molecular formula is C11H17N3O2. The van der Waals surface area contributed by atoms with Crippen LogP contribution in [0.3, 0.4) is 0 Å². The zero-order valence-corrected chi connectivity index (χ0v) is 9.91. The SMILES string of the molecule is CCCCN(C)C(=O)c1cnc(C)[nH]c1=O. The van der Waals surface area contributed by atoms with Gasteiger partial charge in [-0.1, -0.05) is 13.3 Å². The number of rotatable bonds is 4. The number of hydrogen-bond donors (Lipinski definition) is 1. The first-order chi connectivity index (χ1) is 7.56. The van der Waals surface area contributed by atoms with Gasteiger partial charge in [0.1, 0.15) is 11.4 Å². The van der Waals surface area contributed by atoms with Gasteiger partial charge in [-0.3, -0.25) is 9.59 Å². The van der Waals surface area contributed by atoms with E-state index in [-0.39, 0.29) is 17.0 Å². The van der Waals surface area contributed by atoms with Crippen LogP contribution in [0.5, 0.6) is 0 Å². The lowest BCUT2D eigenvalue weighted by Crippen LogP contribution is -2.32. The van der Waals surface area contributed by atoms with Gasteiger partial charge in [-0.15, -0.1) is 0 Å². The molecule has 0 bridgehead atoms. The molecule has 1 aromatic rings. The molecule has 1 heterocycles. The molecular weight excluding hydrogens is 206 g/mol. The van der Waals surface area contributed by atoms with E-state index in [2.05, 4.69) is 16.9 Å². The summed E-state index contributed by atoms with van der Waals surface area (Å²) in [5.74, 6) is 0.236. The van der Waals surface area contributed by atoms with Crippen molar-refractivity contribution in [3.63, 3.8) is 0 Å². The van der Waals surface area contributed by atoms with Crippen molar-refractivity contribution >= 4 is 5.91 Å². The van der Waals surface area contributed by atoms with Crippen LogP contribution in [0, 0.1) is 6.92 Å². The highest BCUT2D eigenvalue weighted by Gasteiger charge is 2.15. The molecule has 0 saturated heterocycles. The molecule has 0 saturated carbocycles. The maximum atomic E-state index is 11.8. The Morgan fingerprint density at radius 3 is 2.81 bits per heavy atom. The van der Waals surface area contributed by atoms with Crippen LogP contribution in [0.1, 0.15) is 35.9 Å². The first-order valence-corrected chi connectivity index (χ1v) is 5.37. The van der Waals surface area contributed by atoms with E-state index < -0.39 is 0 Å². The van der Waals surface area contributed by atoms with Crippen LogP contribution in [0.25, 0.3) is 0 Å². The summed E-state index contributed by atoms with van der Waals surface area (Å²) in [6.07, 6.45) is 3.28. The van der Waals surface area contributed by atoms with Crippen molar-refractivity contribution in [2.24, 2.45) is 0 Å². The number of unbranched alkanes of at least 4 members (excludes halogenated alkanes) is 1. The van der Waals surface area contributed by atoms with E-state index in [1.165, 1.54) is 6.20 Å². The van der Waals surface area contributed by atoms with Crippen LogP contribution in [0.2, 0.25) is 0 Å². The second-order valence-electron chi connectivity index (χ2n) is 3.79. The number of nitrogens with one attached hydrogen (secondary N) is 1. The van der Waals surface area contributed by atoms with Crippen LogP contribution in [0.15, 0.2) is 11.0 Å². The van der Waals surface area contributed by atoms with Crippen molar-refractivity contribution in [2.45, 2.75) is 26.7 Å². The van der Waals surface area contributed by atoms with Gasteiger partial charge in [-0.25, -0.2) is 4.98 Å². The first-order valence-electron chi connectivity index (χ1n) is 5.37. The van der Waals surface area contributed by atoms with Gasteiger partial charge in [0.2, 0.25) is 0 Å². The number of aromatic amines is 1. The summed E-state index contributed by atoms with van der Waals surface area (Å²) in [5, 5.41) is 0. The number of aryl methyl sites for hydroxylation is 1. The molecule has 0 fully saturated rings. The van der Waals surface area contributed by atoms with Gasteiger partial charge >= 0.3 is 0 Å². The normalized spacial score (nSPS) is 10.2. The van der Waals surface area contributed by atoms with Crippen molar-refractivity contribution < 1.29 is 4.79 Å². The van der Waals surface area contributed by atoms with Gasteiger partial charge in [0.15, 0.2) is 0 Å². The number of aromatic nitrogens is 2. The number of carbonyl (C=O) groups excluding carboxylic acids is 1. The monoisotopic (exact) mass is 223 g/mol. The highest BCUT2D eigenvalue weighted by Crippen LogP contribution is 1.98. The predicted molar refractivity (Wildman–Crippen MR) is 61.5 cm³/mol. The Balaban J connectivity index is 2.84. The maximum absolute atomic E-state index is 11.8. The largest absolute Gasteiger partial charge is 0.341 e. The standard InChI is InChI=1S/C11H17N3O2/c1-4-5-6-14(3)11(16)9-7-12-8(2)13-10(9)15/h7H,4-6H2,1-3H3,(H,12,13,15). The van der Waals surface area contributed by atoms with Gasteiger partial charge < -0.3 is 9.88 Å². The Morgan fingerprint density at radius 1 is 1.56 bits per heavy atom. The molecule has 0 aliphatic heterocycles. The second-order valence-corrected chi connectivity index (χ2v) is 3.79. The lowest BCUT2D eigenvalue weighted by atomic mass is 10.2. The number of carbonyl (C=O) groups is 1. The minimum atomic E-state index is -0.374. The van der Waals surface area contributed by atoms with Crippen LogP contribution < -0.4 is 5.56 Å². The van der Waals surface area contributed by atoms with E-state index in [1.807, 2.05) is 0 Å². The zero-order valence-electron chi connectivity index (χ0n) is 9.91. The predicted octanol–water partition coefficient (Wildman–Crippen LogP) is 0.950. The number of nitrogens with zero attached hydrogens (tertiary/aromatic N) is 2. The molecule has 0 aliphatic rings. The fourth-order valence-corrected chi connectivity index (χ4v) is 1.34. The minimum Gasteiger partial charge on any atom is -0.341 e. The Hall–Kier alpha value is -1.65. The molecule has 1 aromatic heterocycles. The summed E-state index contributed by atoms with van der Waals surface area (Å²) >= 11 is 0. The third-order valence-corrected chi connectivity index (χ3v) is 2.35. The third kappa shape index (κ3) is 2.92. The molecule has 5 heteroatoms. The van der Waals surface area contributed by atoms with E-state index in [9.17, 15) is 9.59 Å². The van der Waals surface area contributed by atoms with Gasteiger partial charge in [-0.05, 0) is 13.3 Å². The summed E-state index contributed by atoms with van der Waals surface area (Å²) in [4.78, 5) is 31.3. The summed E-state index contributed by atoms with van der Waals surface area (Å²) in [7, 11) is 1.69. The van der Waals surface area contributed by atoms with E-state index in [1.54, 1.807) is 18.9 Å². The average molecular weight is 223 g/mol. The number of amides is 1. The van der Waals surface area contributed by atoms with Gasteiger partial charge in [-0.2, -0.15) is 0 Å². The molecule has 0 aliphatic carbocycles. The number of hydrogen-bond acceptors (Lipinski definition) is 3. The Labute approximate surface area is 94.5 Å². The lowest BCUT2D eigenvalue weighted by Gasteiger charge is -2.15. The molecule has 0 aromatic carbocycles. The Morgan fingerprint density at radius 2 is 2.25 bits per heavy atom. The van der Waals surface area contributed by atoms with Crippen molar-refractivity contribution in [3.8, 4) is 0 Å². The van der Waals surface area contributed by atoms with Gasteiger partial charge in [0.25, 0.3) is 11.5 Å². The molecule has 0 radical (unpaired) electrons. The van der Waals surface area contributed by atoms with Crippen molar-refractivity contribution in [3.05, 3.63) is 27.9 Å². The molecule has 1 amide bonds. The fraction of sp³-hybridized carbons (Fsp3) is 0.545. The zero-order chi connectivity index (χ0) is 12.1. The van der Waals surface area contributed by atoms with Crippen LogP contribution in [-0.2, 0) is 0 Å². The quantitative estimate of drug-likeness (QED) is 0.826. The topological polar surface area (TPSA) is 66.1 Å². The molecule has 88 valence electrons. The van der Waals surface area contributed by atoms with Crippen molar-refractivity contribution in [1.82, 2.24) is 14.9 Å². The molecule has 16 heavy (non-hydrogen) atoms. The molecule has 5 nitrogen and oxygen atoms in total. The van der Waals surface area contributed by atoms with Gasteiger partial charge in [0, 0.05) is 19.8 Å². The lowest BCUT2D eigenvalue weighted by molar-refractivity contribution is 0.0791. The molecule has 1 N–H and O–H groups in total. The second kappa shape index (κ2) is 5.44. The maximum Gasteiger partial charge on any atom is 0.263 e. The first kappa shape index (κ1) is 12.4. The molecule has 1 rings (SSSR count). The Kier molecular flexibility index (Phi) is 4.22. The smallest absolute Gasteiger partial charge is 0.263 e. The van der Waals surface area contributed by atoms with E-state index in [0.717, 1.165) is 12.8 Å². The van der Waals surface area contributed by atoms with Crippen LogP contribution in [-0.4, -0.2) is 34.4 Å². The highest BCUT2D eigenvalue weighted by molar-refractivity contribution is 5.93. The molecule has 0 atom stereocenters. The number of H-pyrrole nitrogens is 1.